The van der Waals surface area contributed by atoms with Crippen molar-refractivity contribution in [1.82, 2.24) is 4.90 Å². The number of carbonyl (C=O) groups excluding carboxylic acids is 1. The minimum atomic E-state index is 0.0388. The number of rotatable bonds is 6. The van der Waals surface area contributed by atoms with Gasteiger partial charge in [-0.05, 0) is 49.1 Å². The number of benzene rings is 2. The van der Waals surface area contributed by atoms with Crippen molar-refractivity contribution in [3.05, 3.63) is 53.6 Å². The summed E-state index contributed by atoms with van der Waals surface area (Å²) in [4.78, 5) is 15.0. The van der Waals surface area contributed by atoms with Crippen molar-refractivity contribution in [1.29, 1.82) is 0 Å². The molecule has 0 spiro atoms. The van der Waals surface area contributed by atoms with Gasteiger partial charge in [0.15, 0.2) is 11.5 Å². The summed E-state index contributed by atoms with van der Waals surface area (Å²) in [5.74, 6) is 1.63. The largest absolute Gasteiger partial charge is 0.454 e. The predicted octanol–water partition coefficient (Wildman–Crippen LogP) is 4.11. The van der Waals surface area contributed by atoms with E-state index in [0.717, 1.165) is 47.7 Å². The molecule has 1 N–H and O–H groups in total. The summed E-state index contributed by atoms with van der Waals surface area (Å²) in [6.45, 7) is 3.43. The molecule has 2 aromatic carbocycles. The third-order valence-electron chi connectivity index (χ3n) is 5.43. The van der Waals surface area contributed by atoms with Gasteiger partial charge in [-0.25, -0.2) is 0 Å². The van der Waals surface area contributed by atoms with Gasteiger partial charge in [0, 0.05) is 18.3 Å². The molecule has 0 aromatic heterocycles. The smallest absolute Gasteiger partial charge is 0.238 e. The number of nitrogens with one attached hydrogen (secondary N) is 1. The van der Waals surface area contributed by atoms with Crippen LogP contribution in [0.3, 0.4) is 0 Å². The van der Waals surface area contributed by atoms with Crippen LogP contribution in [0, 0.1) is 6.92 Å². The predicted molar refractivity (Wildman–Crippen MR) is 105 cm³/mol. The fourth-order valence-corrected chi connectivity index (χ4v) is 3.94. The van der Waals surface area contributed by atoms with Gasteiger partial charge < -0.3 is 14.8 Å². The molecular weight excluding hydrogens is 340 g/mol. The van der Waals surface area contributed by atoms with E-state index in [1.54, 1.807) is 0 Å². The van der Waals surface area contributed by atoms with Crippen LogP contribution >= 0.6 is 0 Å². The Morgan fingerprint density at radius 2 is 1.89 bits per heavy atom. The molecule has 4 rings (SSSR count). The first kappa shape index (κ1) is 17.9. The average Bonchev–Trinajstić information content (AvgIpc) is 3.34. The van der Waals surface area contributed by atoms with Crippen molar-refractivity contribution < 1.29 is 14.3 Å². The molecule has 0 unspecified atom stereocenters. The van der Waals surface area contributed by atoms with Crippen molar-refractivity contribution in [3.8, 4) is 11.5 Å². The first-order valence-corrected chi connectivity index (χ1v) is 9.67. The van der Waals surface area contributed by atoms with Gasteiger partial charge in [-0.1, -0.05) is 37.1 Å². The van der Waals surface area contributed by atoms with Crippen LogP contribution in [0.15, 0.2) is 42.5 Å². The minimum absolute atomic E-state index is 0.0388. The molecule has 2 aromatic rings. The maximum absolute atomic E-state index is 12.7. The van der Waals surface area contributed by atoms with E-state index < -0.39 is 0 Å². The molecule has 142 valence electrons. The van der Waals surface area contributed by atoms with E-state index in [1.807, 2.05) is 43.3 Å². The van der Waals surface area contributed by atoms with E-state index in [-0.39, 0.29) is 12.7 Å². The minimum Gasteiger partial charge on any atom is -0.454 e. The van der Waals surface area contributed by atoms with Crippen molar-refractivity contribution in [2.75, 3.05) is 18.7 Å². The number of amides is 1. The molecule has 0 saturated heterocycles. The van der Waals surface area contributed by atoms with Crippen LogP contribution < -0.4 is 14.8 Å². The summed E-state index contributed by atoms with van der Waals surface area (Å²) in [5, 5.41) is 3.07. The van der Waals surface area contributed by atoms with Crippen LogP contribution in [0.25, 0.3) is 0 Å². The van der Waals surface area contributed by atoms with Gasteiger partial charge in [-0.3, -0.25) is 9.69 Å². The average molecular weight is 366 g/mol. The van der Waals surface area contributed by atoms with Gasteiger partial charge in [0.2, 0.25) is 12.7 Å². The topological polar surface area (TPSA) is 50.8 Å². The van der Waals surface area contributed by atoms with Crippen molar-refractivity contribution >= 4 is 11.6 Å². The SMILES string of the molecule is Cc1ccccc1NC(=O)CN(Cc1ccc2c(c1)OCO2)C1CCCC1. The second-order valence-electron chi connectivity index (χ2n) is 7.39. The van der Waals surface area contributed by atoms with E-state index in [9.17, 15) is 4.79 Å². The van der Waals surface area contributed by atoms with Crippen LogP contribution in [-0.4, -0.2) is 30.2 Å². The standard InChI is InChI=1S/C22H26N2O3/c1-16-6-2-5-9-19(16)23-22(25)14-24(18-7-3-4-8-18)13-17-10-11-20-21(12-17)27-15-26-20/h2,5-6,9-12,18H,3-4,7-8,13-15H2,1H3,(H,23,25). The zero-order chi connectivity index (χ0) is 18.6. The van der Waals surface area contributed by atoms with Crippen LogP contribution in [0.4, 0.5) is 5.69 Å². The number of anilines is 1. The number of fused-ring (bicyclic) bond motifs is 1. The number of para-hydroxylation sites is 1. The molecule has 1 heterocycles. The lowest BCUT2D eigenvalue weighted by Gasteiger charge is -2.28. The van der Waals surface area contributed by atoms with Crippen LogP contribution in [-0.2, 0) is 11.3 Å². The molecule has 5 nitrogen and oxygen atoms in total. The highest BCUT2D eigenvalue weighted by atomic mass is 16.7. The lowest BCUT2D eigenvalue weighted by molar-refractivity contribution is -0.118. The van der Waals surface area contributed by atoms with Crippen LogP contribution in [0.1, 0.15) is 36.8 Å². The third-order valence-corrected chi connectivity index (χ3v) is 5.43. The Bertz CT molecular complexity index is 815. The number of nitrogens with zero attached hydrogens (tertiary/aromatic N) is 1. The fraction of sp³-hybridized carbons (Fsp3) is 0.409. The molecule has 2 aliphatic rings. The first-order chi connectivity index (χ1) is 13.2. The first-order valence-electron chi connectivity index (χ1n) is 9.67. The van der Waals surface area contributed by atoms with Crippen molar-refractivity contribution in [3.63, 3.8) is 0 Å². The Kier molecular flexibility index (Phi) is 5.30. The van der Waals surface area contributed by atoms with Gasteiger partial charge in [-0.15, -0.1) is 0 Å². The summed E-state index contributed by atoms with van der Waals surface area (Å²) in [7, 11) is 0. The molecule has 5 heteroatoms. The molecule has 27 heavy (non-hydrogen) atoms. The zero-order valence-electron chi connectivity index (χ0n) is 15.7. The van der Waals surface area contributed by atoms with E-state index in [1.165, 1.54) is 12.8 Å². The molecule has 0 atom stereocenters. The van der Waals surface area contributed by atoms with E-state index in [4.69, 9.17) is 9.47 Å². The van der Waals surface area contributed by atoms with E-state index in [2.05, 4.69) is 16.3 Å². The zero-order valence-corrected chi connectivity index (χ0v) is 15.7. The highest BCUT2D eigenvalue weighted by Crippen LogP contribution is 2.33. The summed E-state index contributed by atoms with van der Waals surface area (Å²) in [6.07, 6.45) is 4.79. The Morgan fingerprint density at radius 3 is 2.70 bits per heavy atom. The summed E-state index contributed by atoms with van der Waals surface area (Å²) in [5.41, 5.74) is 3.11. The van der Waals surface area contributed by atoms with E-state index >= 15 is 0 Å². The Morgan fingerprint density at radius 1 is 1.11 bits per heavy atom. The van der Waals surface area contributed by atoms with Crippen LogP contribution in [0.2, 0.25) is 0 Å². The van der Waals surface area contributed by atoms with Gasteiger partial charge in [0.25, 0.3) is 0 Å². The van der Waals surface area contributed by atoms with Gasteiger partial charge in [0.1, 0.15) is 0 Å². The Labute approximate surface area is 160 Å². The maximum atomic E-state index is 12.7. The summed E-state index contributed by atoms with van der Waals surface area (Å²) >= 11 is 0. The summed E-state index contributed by atoms with van der Waals surface area (Å²) in [6, 6.07) is 14.4. The molecule has 1 amide bonds. The third kappa shape index (κ3) is 4.25. The normalized spacial score (nSPS) is 16.1. The highest BCUT2D eigenvalue weighted by molar-refractivity contribution is 5.92. The fourth-order valence-electron chi connectivity index (χ4n) is 3.94. The van der Waals surface area contributed by atoms with Crippen LogP contribution in [0.5, 0.6) is 11.5 Å². The van der Waals surface area contributed by atoms with Gasteiger partial charge in [0.05, 0.1) is 6.54 Å². The van der Waals surface area contributed by atoms with Crippen molar-refractivity contribution in [2.45, 2.75) is 45.2 Å². The lowest BCUT2D eigenvalue weighted by atomic mass is 10.1. The number of hydrogen-bond donors (Lipinski definition) is 1. The quantitative estimate of drug-likeness (QED) is 0.836. The van der Waals surface area contributed by atoms with Crippen molar-refractivity contribution in [2.24, 2.45) is 0 Å². The second-order valence-corrected chi connectivity index (χ2v) is 7.39. The highest BCUT2D eigenvalue weighted by Gasteiger charge is 2.25. The molecule has 1 aliphatic heterocycles. The monoisotopic (exact) mass is 366 g/mol. The van der Waals surface area contributed by atoms with Gasteiger partial charge in [-0.2, -0.15) is 0 Å². The van der Waals surface area contributed by atoms with E-state index in [0.29, 0.717) is 12.6 Å². The Hall–Kier alpha value is -2.53. The molecule has 1 fully saturated rings. The molecular formula is C22H26N2O3. The molecule has 0 bridgehead atoms. The molecule has 0 radical (unpaired) electrons. The molecule has 1 saturated carbocycles. The lowest BCUT2D eigenvalue weighted by Crippen LogP contribution is -2.39. The molecule has 1 aliphatic carbocycles. The number of ether oxygens (including phenoxy) is 2. The van der Waals surface area contributed by atoms with Gasteiger partial charge >= 0.3 is 0 Å². The Balaban J connectivity index is 1.46. The summed E-state index contributed by atoms with van der Waals surface area (Å²) < 4.78 is 10.9. The number of carbonyl (C=O) groups is 1. The second kappa shape index (κ2) is 8.01. The number of aryl methyl sites for hydroxylation is 1. The maximum Gasteiger partial charge on any atom is 0.238 e. The number of hydrogen-bond acceptors (Lipinski definition) is 4.